The Hall–Kier alpha value is -3.45. The van der Waals surface area contributed by atoms with Crippen LogP contribution in [0.25, 0.3) is 11.0 Å². The van der Waals surface area contributed by atoms with Gasteiger partial charge in [0, 0.05) is 53.0 Å². The topological polar surface area (TPSA) is 70.7 Å². The highest BCUT2D eigenvalue weighted by atomic mass is 32.2. The van der Waals surface area contributed by atoms with Crippen LogP contribution in [0, 0.1) is 0 Å². The minimum atomic E-state index is -1.46. The van der Waals surface area contributed by atoms with Crippen molar-refractivity contribution in [2.24, 2.45) is 0 Å². The zero-order valence-electron chi connectivity index (χ0n) is 22.6. The Morgan fingerprint density at radius 1 is 0.974 bits per heavy atom. The van der Waals surface area contributed by atoms with Gasteiger partial charge in [-0.15, -0.1) is 0 Å². The lowest BCUT2D eigenvalue weighted by Gasteiger charge is -2.22. The van der Waals surface area contributed by atoms with E-state index in [0.29, 0.717) is 16.4 Å². The first-order valence-electron chi connectivity index (χ1n) is 13.4. The minimum absolute atomic E-state index is 0.135. The summed E-state index contributed by atoms with van der Waals surface area (Å²) < 4.78 is 21.7. The van der Waals surface area contributed by atoms with Gasteiger partial charge in [0.15, 0.2) is 12.4 Å². The van der Waals surface area contributed by atoms with Crippen molar-refractivity contribution in [1.82, 2.24) is 0 Å². The smallest absolute Gasteiger partial charge is 0.370 e. The van der Waals surface area contributed by atoms with E-state index in [2.05, 4.69) is 37.8 Å². The molecule has 1 heterocycles. The molecular formula is C31H39N2O4S+. The lowest BCUT2D eigenvalue weighted by Crippen LogP contribution is -2.36. The molecule has 38 heavy (non-hydrogen) atoms. The molecule has 202 valence electrons. The Bertz CT molecular complexity index is 1220. The van der Waals surface area contributed by atoms with Gasteiger partial charge in [0.1, 0.15) is 5.75 Å². The third-order valence-corrected chi connectivity index (χ3v) is 7.77. The number of aliphatic carboxylic acids is 1. The fraction of sp³-hybridized carbons (Fsp3) is 0.355. The summed E-state index contributed by atoms with van der Waals surface area (Å²) in [5.41, 5.74) is 2.71. The standard InChI is InChI=1S/C31H38N2O4S/c1-4-7-8-12-21-37-29-23-27(33(5-2)6-3)16-15-26(29)22-30(38(36)28-13-10-9-11-14-28)25-17-19-32(20-18-25)24-31(34)35/h9-11,13-20,22-23H,4-8,12,21,24H2,1-3H3/p+1. The monoisotopic (exact) mass is 535 g/mol. The number of hydrogen-bond donors (Lipinski definition) is 1. The second-order valence-corrected chi connectivity index (χ2v) is 10.5. The van der Waals surface area contributed by atoms with Crippen LogP contribution < -0.4 is 14.2 Å². The zero-order valence-corrected chi connectivity index (χ0v) is 23.5. The van der Waals surface area contributed by atoms with Crippen molar-refractivity contribution in [3.05, 3.63) is 84.2 Å². The number of pyridine rings is 1. The molecule has 0 aliphatic carbocycles. The first-order chi connectivity index (χ1) is 18.5. The number of rotatable bonds is 15. The van der Waals surface area contributed by atoms with Crippen LogP contribution in [0.4, 0.5) is 5.69 Å². The number of hydrogen-bond acceptors (Lipinski definition) is 4. The number of carboxylic acid groups (broad SMARTS) is 1. The highest BCUT2D eigenvalue weighted by molar-refractivity contribution is 7.94. The lowest BCUT2D eigenvalue weighted by molar-refractivity contribution is -0.685. The fourth-order valence-electron chi connectivity index (χ4n) is 4.20. The summed E-state index contributed by atoms with van der Waals surface area (Å²) in [6, 6.07) is 19.2. The molecular weight excluding hydrogens is 496 g/mol. The predicted molar refractivity (Wildman–Crippen MR) is 155 cm³/mol. The molecule has 0 saturated heterocycles. The van der Waals surface area contributed by atoms with Crippen LogP contribution in [0.1, 0.15) is 57.6 Å². The van der Waals surface area contributed by atoms with Gasteiger partial charge in [-0.25, -0.2) is 9.00 Å². The number of ether oxygens (including phenoxy) is 1. The number of carboxylic acids is 1. The van der Waals surface area contributed by atoms with Gasteiger partial charge < -0.3 is 14.7 Å². The van der Waals surface area contributed by atoms with Gasteiger partial charge in [-0.05, 0) is 50.6 Å². The van der Waals surface area contributed by atoms with Crippen molar-refractivity contribution >= 4 is 33.4 Å². The highest BCUT2D eigenvalue weighted by Gasteiger charge is 2.17. The summed E-state index contributed by atoms with van der Waals surface area (Å²) in [4.78, 5) is 14.7. The van der Waals surface area contributed by atoms with Crippen molar-refractivity contribution < 1.29 is 23.4 Å². The minimum Gasteiger partial charge on any atom is -0.493 e. The molecule has 3 rings (SSSR count). The Morgan fingerprint density at radius 3 is 2.32 bits per heavy atom. The number of nitrogens with zero attached hydrogens (tertiary/aromatic N) is 2. The Morgan fingerprint density at radius 2 is 1.68 bits per heavy atom. The SMILES string of the molecule is CCCCCCOc1cc(N(CC)CC)ccc1/C=C(/c1cc[n+](CC(=O)O)cc1)S(=O)c1ccccc1. The van der Waals surface area contributed by atoms with Crippen molar-refractivity contribution in [2.45, 2.75) is 57.9 Å². The van der Waals surface area contributed by atoms with Crippen LogP contribution in [0.5, 0.6) is 5.75 Å². The molecule has 0 fully saturated rings. The van der Waals surface area contributed by atoms with E-state index in [4.69, 9.17) is 9.84 Å². The third kappa shape index (κ3) is 8.28. The molecule has 6 nitrogen and oxygen atoms in total. The maximum Gasteiger partial charge on any atom is 0.370 e. The van der Waals surface area contributed by atoms with E-state index >= 15 is 0 Å². The molecule has 0 saturated carbocycles. The van der Waals surface area contributed by atoms with E-state index in [9.17, 15) is 9.00 Å². The number of carbonyl (C=O) groups is 1. The molecule has 1 atom stereocenters. The van der Waals surface area contributed by atoms with Crippen molar-refractivity contribution in [1.29, 1.82) is 0 Å². The fourth-order valence-corrected chi connectivity index (χ4v) is 5.45. The Balaban J connectivity index is 2.06. The van der Waals surface area contributed by atoms with Gasteiger partial charge in [-0.3, -0.25) is 0 Å². The summed E-state index contributed by atoms with van der Waals surface area (Å²) in [6.07, 6.45) is 9.81. The molecule has 7 heteroatoms. The number of unbranched alkanes of at least 4 members (excludes halogenated alkanes) is 3. The van der Waals surface area contributed by atoms with Gasteiger partial charge >= 0.3 is 5.97 Å². The zero-order chi connectivity index (χ0) is 27.3. The molecule has 2 aromatic carbocycles. The molecule has 0 aliphatic rings. The van der Waals surface area contributed by atoms with Crippen LogP contribution in [-0.4, -0.2) is 35.0 Å². The van der Waals surface area contributed by atoms with E-state index in [-0.39, 0.29) is 6.54 Å². The van der Waals surface area contributed by atoms with Gasteiger partial charge in [-0.2, -0.15) is 4.57 Å². The van der Waals surface area contributed by atoms with Crippen LogP contribution in [-0.2, 0) is 22.1 Å². The third-order valence-electron chi connectivity index (χ3n) is 6.32. The molecule has 0 radical (unpaired) electrons. The molecule has 3 aromatic rings. The molecule has 0 spiro atoms. The Kier molecular flexibility index (Phi) is 11.6. The quantitative estimate of drug-likeness (QED) is 0.186. The van der Waals surface area contributed by atoms with Gasteiger partial charge in [0.05, 0.1) is 22.3 Å². The first-order valence-corrected chi connectivity index (χ1v) is 14.5. The summed E-state index contributed by atoms with van der Waals surface area (Å²) in [5.74, 6) is -0.147. The number of aromatic nitrogens is 1. The normalized spacial score (nSPS) is 12.2. The summed E-state index contributed by atoms with van der Waals surface area (Å²) >= 11 is 0. The maximum atomic E-state index is 13.8. The van der Waals surface area contributed by atoms with Crippen molar-refractivity contribution in [3.63, 3.8) is 0 Å². The van der Waals surface area contributed by atoms with E-state index in [0.717, 1.165) is 48.5 Å². The van der Waals surface area contributed by atoms with E-state index in [1.54, 1.807) is 17.0 Å². The number of benzene rings is 2. The van der Waals surface area contributed by atoms with E-state index in [1.807, 2.05) is 54.6 Å². The largest absolute Gasteiger partial charge is 0.493 e. The predicted octanol–water partition coefficient (Wildman–Crippen LogP) is 6.17. The van der Waals surface area contributed by atoms with Crippen LogP contribution >= 0.6 is 0 Å². The average Bonchev–Trinajstić information content (AvgIpc) is 2.93. The van der Waals surface area contributed by atoms with Gasteiger partial charge in [-0.1, -0.05) is 44.4 Å². The Labute approximate surface area is 229 Å². The molecule has 0 amide bonds. The highest BCUT2D eigenvalue weighted by Crippen LogP contribution is 2.32. The summed E-state index contributed by atoms with van der Waals surface area (Å²) in [7, 11) is -1.46. The average molecular weight is 536 g/mol. The first kappa shape index (κ1) is 29.1. The lowest BCUT2D eigenvalue weighted by atomic mass is 10.1. The van der Waals surface area contributed by atoms with Gasteiger partial charge in [0.2, 0.25) is 6.54 Å². The van der Waals surface area contributed by atoms with E-state index in [1.165, 1.54) is 12.8 Å². The second-order valence-electron chi connectivity index (χ2n) is 9.05. The van der Waals surface area contributed by atoms with Crippen molar-refractivity contribution in [2.75, 3.05) is 24.6 Å². The number of anilines is 1. The summed E-state index contributed by atoms with van der Waals surface area (Å²) in [6.45, 7) is 8.74. The van der Waals surface area contributed by atoms with Crippen LogP contribution in [0.15, 0.2) is 78.0 Å². The molecule has 0 aliphatic heterocycles. The van der Waals surface area contributed by atoms with Crippen LogP contribution in [0.3, 0.4) is 0 Å². The molecule has 1 unspecified atom stereocenters. The van der Waals surface area contributed by atoms with Gasteiger partial charge in [0.25, 0.3) is 0 Å². The second kappa shape index (κ2) is 15.1. The van der Waals surface area contributed by atoms with E-state index < -0.39 is 16.8 Å². The van der Waals surface area contributed by atoms with Crippen LogP contribution in [0.2, 0.25) is 0 Å². The molecule has 1 N–H and O–H groups in total. The molecule has 0 bridgehead atoms. The maximum absolute atomic E-state index is 13.8. The summed E-state index contributed by atoms with van der Waals surface area (Å²) in [5, 5.41) is 9.13. The van der Waals surface area contributed by atoms with Crippen molar-refractivity contribution in [3.8, 4) is 5.75 Å². The molecule has 1 aromatic heterocycles.